The molecule has 0 N–H and O–H groups in total. The van der Waals surface area contributed by atoms with Gasteiger partial charge in [-0.05, 0) is 0 Å². The quantitative estimate of drug-likeness (QED) is 0.333. The Balaban J connectivity index is 3.17. The summed E-state index contributed by atoms with van der Waals surface area (Å²) in [5.41, 5.74) is 0.178. The lowest BCUT2D eigenvalue weighted by Crippen LogP contribution is -2.10. The van der Waals surface area contributed by atoms with Crippen LogP contribution in [0.15, 0.2) is 0 Å². The number of hydrogen-bond acceptors (Lipinski definition) is 0. The molecule has 0 rings (SSSR count). The van der Waals surface area contributed by atoms with Crippen molar-refractivity contribution in [2.24, 2.45) is 0 Å². The highest BCUT2D eigenvalue weighted by atomic mass is 35.8. The van der Waals surface area contributed by atoms with Crippen molar-refractivity contribution >= 4 is 50.8 Å². The first-order valence-electron chi connectivity index (χ1n) is 1.19. The molecular weight excluding hydrogens is 182 g/mol. The summed E-state index contributed by atoms with van der Waals surface area (Å²) in [5.74, 6) is 0. The number of halogens is 4. The lowest BCUT2D eigenvalue weighted by molar-refractivity contribution is 2.13. The maximum atomic E-state index is 5.26. The summed E-state index contributed by atoms with van der Waals surface area (Å²) in [6.45, 7) is 0. The molecule has 0 heterocycles. The van der Waals surface area contributed by atoms with Gasteiger partial charge >= 0.3 is 6.00 Å². The first-order valence-corrected chi connectivity index (χ1v) is 6.96. The highest BCUT2D eigenvalue weighted by molar-refractivity contribution is 7.65. The lowest BCUT2D eigenvalue weighted by atomic mass is 11.9. The van der Waals surface area contributed by atoms with Crippen molar-refractivity contribution in [1.82, 2.24) is 0 Å². The van der Waals surface area contributed by atoms with Crippen molar-refractivity contribution in [3.8, 4) is 0 Å². The predicted octanol–water partition coefficient (Wildman–Crippen LogP) is 2.42. The standard InChI is InChI=1S/CH2Cl4Si/c2-1-6(3,4)5/h1H2. The molecule has 0 saturated carbocycles. The number of rotatable bonds is 1. The zero-order valence-electron chi connectivity index (χ0n) is 2.72. The maximum absolute atomic E-state index is 5.26. The molecule has 0 atom stereocenters. The van der Waals surface area contributed by atoms with Crippen LogP contribution in [0.25, 0.3) is 0 Å². The summed E-state index contributed by atoms with van der Waals surface area (Å²) in [6.07, 6.45) is 0. The molecule has 0 radical (unpaired) electrons. The van der Waals surface area contributed by atoms with E-state index in [4.69, 9.17) is 44.8 Å². The van der Waals surface area contributed by atoms with E-state index in [2.05, 4.69) is 0 Å². The van der Waals surface area contributed by atoms with Crippen LogP contribution in [0.5, 0.6) is 0 Å². The topological polar surface area (TPSA) is 0 Å². The van der Waals surface area contributed by atoms with Gasteiger partial charge in [0.25, 0.3) is 0 Å². The minimum Gasteiger partial charge on any atom is -0.126 e. The minimum atomic E-state index is -2.45. The van der Waals surface area contributed by atoms with E-state index in [9.17, 15) is 0 Å². The van der Waals surface area contributed by atoms with Gasteiger partial charge in [0.2, 0.25) is 0 Å². The fourth-order valence-corrected chi connectivity index (χ4v) is 0. The van der Waals surface area contributed by atoms with E-state index < -0.39 is 6.00 Å². The summed E-state index contributed by atoms with van der Waals surface area (Å²) >= 11 is 20.9. The van der Waals surface area contributed by atoms with Crippen LogP contribution < -0.4 is 0 Å². The molecule has 0 aromatic heterocycles. The van der Waals surface area contributed by atoms with Crippen LogP contribution >= 0.6 is 44.8 Å². The third-order valence-corrected chi connectivity index (χ3v) is 4.09. The third kappa shape index (κ3) is 5.38. The van der Waals surface area contributed by atoms with Gasteiger partial charge in [-0.1, -0.05) is 0 Å². The summed E-state index contributed by atoms with van der Waals surface area (Å²) in [5, 5.41) is 0. The van der Waals surface area contributed by atoms with Crippen molar-refractivity contribution in [1.29, 1.82) is 0 Å². The SMILES string of the molecule is ClC[Si](Cl)(Cl)Cl. The number of alkyl halides is 1. The highest BCUT2D eigenvalue weighted by Gasteiger charge is 2.22. The molecule has 0 aliphatic heterocycles. The molecule has 0 bridgehead atoms. The van der Waals surface area contributed by atoms with E-state index >= 15 is 0 Å². The van der Waals surface area contributed by atoms with Crippen molar-refractivity contribution in [3.63, 3.8) is 0 Å². The highest BCUT2D eigenvalue weighted by Crippen LogP contribution is 2.20. The molecule has 0 aromatic carbocycles. The molecular formula is CH2Cl4Si. The van der Waals surface area contributed by atoms with Crippen LogP contribution in [0.4, 0.5) is 0 Å². The second kappa shape index (κ2) is 2.63. The molecule has 0 fully saturated rings. The molecule has 0 aliphatic carbocycles. The average molecular weight is 184 g/mol. The van der Waals surface area contributed by atoms with Crippen LogP contribution in [0.2, 0.25) is 0 Å². The Bertz CT molecular complexity index is 37.3. The molecule has 0 nitrogen and oxygen atoms in total. The third-order valence-electron chi connectivity index (χ3n) is 0.152. The molecule has 0 spiro atoms. The van der Waals surface area contributed by atoms with Crippen LogP contribution in [0.1, 0.15) is 0 Å². The Labute approximate surface area is 56.4 Å². The van der Waals surface area contributed by atoms with Gasteiger partial charge in [-0.2, -0.15) is 0 Å². The smallest absolute Gasteiger partial charge is 0.126 e. The van der Waals surface area contributed by atoms with Gasteiger partial charge in [0.15, 0.2) is 0 Å². The monoisotopic (exact) mass is 182 g/mol. The van der Waals surface area contributed by atoms with Gasteiger partial charge in [0.05, 0.1) is 5.50 Å². The molecule has 0 unspecified atom stereocenters. The molecule has 0 aromatic rings. The van der Waals surface area contributed by atoms with Crippen LogP contribution in [0, 0.1) is 0 Å². The zero-order chi connectivity index (χ0) is 5.21. The summed E-state index contributed by atoms with van der Waals surface area (Å²) in [4.78, 5) is 0. The summed E-state index contributed by atoms with van der Waals surface area (Å²) < 4.78 is 0. The molecule has 0 saturated heterocycles. The van der Waals surface area contributed by atoms with E-state index in [1.165, 1.54) is 0 Å². The largest absolute Gasteiger partial charge is 0.355 e. The second-order valence-corrected chi connectivity index (χ2v) is 10.6. The van der Waals surface area contributed by atoms with Gasteiger partial charge in [-0.25, -0.2) is 0 Å². The van der Waals surface area contributed by atoms with E-state index in [0.29, 0.717) is 0 Å². The fourth-order valence-electron chi connectivity index (χ4n) is 0. The Morgan fingerprint density at radius 3 is 1.33 bits per heavy atom. The molecule has 0 amide bonds. The Morgan fingerprint density at radius 1 is 1.17 bits per heavy atom. The van der Waals surface area contributed by atoms with E-state index in [1.807, 2.05) is 0 Å². The van der Waals surface area contributed by atoms with Crippen molar-refractivity contribution in [2.75, 3.05) is 5.50 Å². The van der Waals surface area contributed by atoms with Crippen molar-refractivity contribution in [3.05, 3.63) is 0 Å². The van der Waals surface area contributed by atoms with Gasteiger partial charge in [0, 0.05) is 0 Å². The van der Waals surface area contributed by atoms with Gasteiger partial charge in [-0.15, -0.1) is 44.8 Å². The Morgan fingerprint density at radius 2 is 1.33 bits per heavy atom. The lowest BCUT2D eigenvalue weighted by Gasteiger charge is -1.96. The molecule has 6 heavy (non-hydrogen) atoms. The number of hydrogen-bond donors (Lipinski definition) is 0. The fraction of sp³-hybridized carbons (Fsp3) is 1.00. The van der Waals surface area contributed by atoms with Crippen LogP contribution in [0.3, 0.4) is 0 Å². The zero-order valence-corrected chi connectivity index (χ0v) is 6.74. The average Bonchev–Trinajstić information content (AvgIpc) is 1.35. The molecule has 5 heteroatoms. The van der Waals surface area contributed by atoms with E-state index in [1.54, 1.807) is 0 Å². The predicted molar refractivity (Wildman–Crippen MR) is 34.0 cm³/mol. The van der Waals surface area contributed by atoms with E-state index in [0.717, 1.165) is 0 Å². The van der Waals surface area contributed by atoms with Crippen molar-refractivity contribution in [2.45, 2.75) is 0 Å². The first-order chi connectivity index (χ1) is 2.56. The van der Waals surface area contributed by atoms with Gasteiger partial charge in [0.1, 0.15) is 0 Å². The van der Waals surface area contributed by atoms with Gasteiger partial charge in [-0.3, -0.25) is 0 Å². The normalized spacial score (nSPS) is 12.0. The van der Waals surface area contributed by atoms with Crippen LogP contribution in [-0.4, -0.2) is 11.5 Å². The minimum absolute atomic E-state index is 0.178. The van der Waals surface area contributed by atoms with Crippen molar-refractivity contribution < 1.29 is 0 Å². The maximum Gasteiger partial charge on any atom is 0.355 e. The molecule has 0 aliphatic rings. The second-order valence-electron chi connectivity index (χ2n) is 0.749. The summed E-state index contributed by atoms with van der Waals surface area (Å²) in [6, 6.07) is -2.45. The van der Waals surface area contributed by atoms with Crippen LogP contribution in [-0.2, 0) is 0 Å². The Hall–Kier alpha value is 1.38. The van der Waals surface area contributed by atoms with E-state index in [-0.39, 0.29) is 5.50 Å². The summed E-state index contributed by atoms with van der Waals surface area (Å²) in [7, 11) is 0. The van der Waals surface area contributed by atoms with Gasteiger partial charge < -0.3 is 0 Å². The first kappa shape index (κ1) is 7.38. The molecule has 38 valence electrons. The Kier molecular flexibility index (Phi) is 3.23.